The first kappa shape index (κ1) is 17.4. The minimum atomic E-state index is -1.45. The number of ether oxygens (including phenoxy) is 1. The van der Waals surface area contributed by atoms with Gasteiger partial charge in [0, 0.05) is 0 Å². The molecule has 0 aliphatic rings. The van der Waals surface area contributed by atoms with Crippen LogP contribution in [0.5, 0.6) is 5.75 Å². The van der Waals surface area contributed by atoms with E-state index in [4.69, 9.17) is 4.74 Å². The normalized spacial score (nSPS) is 14.9. The van der Waals surface area contributed by atoms with Crippen LogP contribution >= 0.6 is 0 Å². The molecule has 0 radical (unpaired) electrons. The van der Waals surface area contributed by atoms with Crippen molar-refractivity contribution in [2.75, 3.05) is 7.11 Å². The number of carbonyl (C=O) groups is 1. The lowest BCUT2D eigenvalue weighted by Gasteiger charge is -2.20. The van der Waals surface area contributed by atoms with E-state index in [0.717, 1.165) is 11.3 Å². The third kappa shape index (κ3) is 5.69. The Balaban J connectivity index is 2.80. The van der Waals surface area contributed by atoms with E-state index >= 15 is 0 Å². The van der Waals surface area contributed by atoms with Crippen molar-refractivity contribution in [2.24, 2.45) is 0 Å². The molecule has 0 aliphatic heterocycles. The van der Waals surface area contributed by atoms with Gasteiger partial charge in [-0.1, -0.05) is 24.3 Å². The van der Waals surface area contributed by atoms with Gasteiger partial charge >= 0.3 is 5.97 Å². The van der Waals surface area contributed by atoms with Crippen LogP contribution in [0.2, 0.25) is 0 Å². The smallest absolute Gasteiger partial charge is 0.325 e. The van der Waals surface area contributed by atoms with Gasteiger partial charge in [0.25, 0.3) is 0 Å². The van der Waals surface area contributed by atoms with Crippen molar-refractivity contribution >= 4 is 23.0 Å². The molecule has 0 spiro atoms. The third-order valence-corrected chi connectivity index (χ3v) is 4.23. The van der Waals surface area contributed by atoms with Crippen molar-refractivity contribution in [1.29, 1.82) is 0 Å². The lowest BCUT2D eigenvalue weighted by atomic mass is 10.1. The standard InChI is InChI=1S/C15H21NO4S/c1-15(2,3)21(19)16-13(14(17)18)10-7-11-5-8-12(20-4)9-6-11/h5-10,13,16H,1-4H3,(H,17,18)/b10-7+/t13-,21-/m1/s1. The molecule has 1 rings (SSSR count). The van der Waals surface area contributed by atoms with E-state index in [1.807, 2.05) is 12.1 Å². The van der Waals surface area contributed by atoms with Gasteiger partial charge in [0.1, 0.15) is 11.8 Å². The van der Waals surface area contributed by atoms with E-state index in [0.29, 0.717) is 0 Å². The second-order valence-corrected chi connectivity index (χ2v) is 7.45. The Bertz CT molecular complexity index is 532. The molecule has 2 N–H and O–H groups in total. The lowest BCUT2D eigenvalue weighted by molar-refractivity contribution is -0.137. The maximum Gasteiger partial charge on any atom is 0.325 e. The first-order valence-corrected chi connectivity index (χ1v) is 7.62. The van der Waals surface area contributed by atoms with Gasteiger partial charge in [-0.2, -0.15) is 0 Å². The maximum absolute atomic E-state index is 12.0. The second kappa shape index (κ2) is 7.38. The second-order valence-electron chi connectivity index (χ2n) is 5.45. The van der Waals surface area contributed by atoms with Gasteiger partial charge in [-0.3, -0.25) is 4.79 Å². The summed E-state index contributed by atoms with van der Waals surface area (Å²) in [7, 11) is 0.127. The summed E-state index contributed by atoms with van der Waals surface area (Å²) in [4.78, 5) is 11.2. The van der Waals surface area contributed by atoms with Crippen LogP contribution in [-0.4, -0.2) is 33.2 Å². The molecule has 0 amide bonds. The topological polar surface area (TPSA) is 75.6 Å². The first-order chi connectivity index (χ1) is 9.74. The summed E-state index contributed by atoms with van der Waals surface area (Å²) in [6.07, 6.45) is 3.15. The predicted molar refractivity (Wildman–Crippen MR) is 84.5 cm³/mol. The average molecular weight is 311 g/mol. The molecule has 0 heterocycles. The molecule has 0 aliphatic carbocycles. The maximum atomic E-state index is 12.0. The van der Waals surface area contributed by atoms with Crippen LogP contribution in [0.25, 0.3) is 6.08 Å². The number of methoxy groups -OCH3 is 1. The molecule has 116 valence electrons. The quantitative estimate of drug-likeness (QED) is 0.844. The van der Waals surface area contributed by atoms with Crippen molar-refractivity contribution in [2.45, 2.75) is 31.6 Å². The molecular weight excluding hydrogens is 290 g/mol. The SMILES string of the molecule is COc1ccc(/C=C/[C@@H](N[S@](=O)C(C)(C)C)C(=O)O)cc1. The molecule has 0 aromatic heterocycles. The first-order valence-electron chi connectivity index (χ1n) is 6.47. The minimum absolute atomic E-state index is 0.526. The predicted octanol–water partition coefficient (Wildman–Crippen LogP) is 2.21. The summed E-state index contributed by atoms with van der Waals surface area (Å²) in [5.41, 5.74) is 0.838. The van der Waals surface area contributed by atoms with Crippen molar-refractivity contribution in [3.8, 4) is 5.75 Å². The molecule has 6 heteroatoms. The number of hydrogen-bond donors (Lipinski definition) is 2. The lowest BCUT2D eigenvalue weighted by Crippen LogP contribution is -2.42. The van der Waals surface area contributed by atoms with Crippen LogP contribution < -0.4 is 9.46 Å². The fourth-order valence-electron chi connectivity index (χ4n) is 1.39. The summed E-state index contributed by atoms with van der Waals surface area (Å²) in [6, 6.07) is 6.20. The zero-order valence-corrected chi connectivity index (χ0v) is 13.4. The van der Waals surface area contributed by atoms with Gasteiger partial charge in [-0.15, -0.1) is 0 Å². The highest BCUT2D eigenvalue weighted by atomic mass is 32.2. The summed E-state index contributed by atoms with van der Waals surface area (Å²) in [5.74, 6) is -0.341. The van der Waals surface area contributed by atoms with Gasteiger partial charge < -0.3 is 9.84 Å². The number of benzene rings is 1. The highest BCUT2D eigenvalue weighted by molar-refractivity contribution is 7.84. The Morgan fingerprint density at radius 3 is 2.33 bits per heavy atom. The van der Waals surface area contributed by atoms with Crippen molar-refractivity contribution in [1.82, 2.24) is 4.72 Å². The highest BCUT2D eigenvalue weighted by Crippen LogP contribution is 2.13. The molecule has 21 heavy (non-hydrogen) atoms. The van der Waals surface area contributed by atoms with Gasteiger partial charge in [-0.05, 0) is 38.5 Å². The number of aliphatic carboxylic acids is 1. The molecule has 2 atom stereocenters. The molecule has 1 aromatic carbocycles. The van der Waals surface area contributed by atoms with E-state index < -0.39 is 27.7 Å². The largest absolute Gasteiger partial charge is 0.497 e. The van der Waals surface area contributed by atoms with Gasteiger partial charge in [-0.25, -0.2) is 8.93 Å². The Hall–Kier alpha value is -1.66. The molecule has 0 fully saturated rings. The number of carboxylic acids is 1. The van der Waals surface area contributed by atoms with Crippen LogP contribution in [-0.2, 0) is 15.8 Å². The van der Waals surface area contributed by atoms with E-state index in [9.17, 15) is 14.1 Å². The monoisotopic (exact) mass is 311 g/mol. The average Bonchev–Trinajstić information content (AvgIpc) is 2.42. The summed E-state index contributed by atoms with van der Waals surface area (Å²) in [6.45, 7) is 5.34. The zero-order chi connectivity index (χ0) is 16.0. The van der Waals surface area contributed by atoms with Crippen molar-refractivity contribution in [3.63, 3.8) is 0 Å². The highest BCUT2D eigenvalue weighted by Gasteiger charge is 2.24. The molecule has 0 unspecified atom stereocenters. The molecule has 1 aromatic rings. The Morgan fingerprint density at radius 1 is 1.33 bits per heavy atom. The fourth-order valence-corrected chi connectivity index (χ4v) is 2.15. The van der Waals surface area contributed by atoms with Crippen LogP contribution in [0.3, 0.4) is 0 Å². The number of rotatable bonds is 6. The molecule has 5 nitrogen and oxygen atoms in total. The van der Waals surface area contributed by atoms with Crippen LogP contribution in [0.1, 0.15) is 26.3 Å². The van der Waals surface area contributed by atoms with Gasteiger partial charge in [0.2, 0.25) is 0 Å². The zero-order valence-electron chi connectivity index (χ0n) is 12.6. The van der Waals surface area contributed by atoms with E-state index in [2.05, 4.69) is 4.72 Å². The van der Waals surface area contributed by atoms with Crippen molar-refractivity contribution < 1.29 is 18.8 Å². The summed E-state index contributed by atoms with van der Waals surface area (Å²) < 4.78 is 19.1. The number of hydrogen-bond acceptors (Lipinski definition) is 3. The van der Waals surface area contributed by atoms with Crippen LogP contribution in [0.15, 0.2) is 30.3 Å². The Morgan fingerprint density at radius 2 is 1.90 bits per heavy atom. The third-order valence-electron chi connectivity index (χ3n) is 2.65. The molecule has 0 saturated heterocycles. The fraction of sp³-hybridized carbons (Fsp3) is 0.400. The van der Waals surface area contributed by atoms with Gasteiger partial charge in [0.05, 0.1) is 22.8 Å². The summed E-state index contributed by atoms with van der Waals surface area (Å²) >= 11 is 0. The van der Waals surface area contributed by atoms with E-state index in [1.165, 1.54) is 6.08 Å². The number of carboxylic acid groups (broad SMARTS) is 1. The molecular formula is C15H21NO4S. The molecule has 0 bridgehead atoms. The van der Waals surface area contributed by atoms with Gasteiger partial charge in [0.15, 0.2) is 0 Å². The van der Waals surface area contributed by atoms with Crippen molar-refractivity contribution in [3.05, 3.63) is 35.9 Å². The Labute approximate surface area is 127 Å². The van der Waals surface area contributed by atoms with Crippen LogP contribution in [0.4, 0.5) is 0 Å². The van der Waals surface area contributed by atoms with Crippen LogP contribution in [0, 0.1) is 0 Å². The number of nitrogens with one attached hydrogen (secondary N) is 1. The minimum Gasteiger partial charge on any atom is -0.497 e. The Kier molecular flexibility index (Phi) is 6.11. The summed E-state index contributed by atoms with van der Waals surface area (Å²) in [5, 5.41) is 9.18. The van der Waals surface area contributed by atoms with E-state index in [1.54, 1.807) is 46.1 Å². The van der Waals surface area contributed by atoms with E-state index in [-0.39, 0.29) is 0 Å². The molecule has 0 saturated carbocycles.